The zero-order valence-corrected chi connectivity index (χ0v) is 18.2. The van der Waals surface area contributed by atoms with Gasteiger partial charge in [-0.2, -0.15) is 0 Å². The van der Waals surface area contributed by atoms with E-state index in [1.54, 1.807) is 11.0 Å². The van der Waals surface area contributed by atoms with Gasteiger partial charge in [0.1, 0.15) is 12.0 Å². The Labute approximate surface area is 192 Å². The summed E-state index contributed by atoms with van der Waals surface area (Å²) >= 11 is 6.27. The van der Waals surface area contributed by atoms with Gasteiger partial charge in [-0.25, -0.2) is 4.79 Å². The van der Waals surface area contributed by atoms with Crippen LogP contribution in [0.3, 0.4) is 0 Å². The van der Waals surface area contributed by atoms with Crippen LogP contribution in [-0.4, -0.2) is 51.0 Å². The molecule has 2 heterocycles. The number of hydrogen-bond acceptors (Lipinski definition) is 6. The first-order valence-electron chi connectivity index (χ1n) is 9.13. The second-order valence-electron chi connectivity index (χ2n) is 7.71. The summed E-state index contributed by atoms with van der Waals surface area (Å²) in [5.41, 5.74) is 1.99. The first kappa shape index (κ1) is 24.0. The van der Waals surface area contributed by atoms with Crippen molar-refractivity contribution in [1.29, 1.82) is 0 Å². The van der Waals surface area contributed by atoms with Crippen molar-refractivity contribution >= 4 is 29.2 Å². The van der Waals surface area contributed by atoms with Gasteiger partial charge in [0.25, 0.3) is 0 Å². The fourth-order valence-electron chi connectivity index (χ4n) is 2.89. The second-order valence-corrected chi connectivity index (χ2v) is 8.14. The third kappa shape index (κ3) is 6.36. The number of carboxylic acid groups (broad SMARTS) is 1. The molecule has 1 N–H and O–H groups in total. The van der Waals surface area contributed by atoms with Gasteiger partial charge in [0.05, 0.1) is 0 Å². The van der Waals surface area contributed by atoms with E-state index in [0.29, 0.717) is 30.1 Å². The van der Waals surface area contributed by atoms with Gasteiger partial charge in [-0.3, -0.25) is 4.79 Å². The van der Waals surface area contributed by atoms with Crippen LogP contribution >= 0.6 is 11.6 Å². The first-order valence-corrected chi connectivity index (χ1v) is 9.51. The molecular formula is C20H23ClLiN3O5. The standard InChI is InChI=1S/C20H22ClN3O5.Li.H/c1-20(2,3)29-19(27)24-6-4-12(5-7-24)13-8-14(10-15(21)9-13)18-23-22-16(28-18)11-17(25)26;;/h4,8-10H,5-7,11H2,1-3H3,(H,25,26);;/q;+1;-1. The van der Waals surface area contributed by atoms with E-state index in [9.17, 15) is 9.59 Å². The molecule has 2 aromatic rings. The van der Waals surface area contributed by atoms with Crippen LogP contribution in [0.25, 0.3) is 17.0 Å². The third-order valence-corrected chi connectivity index (χ3v) is 4.36. The van der Waals surface area contributed by atoms with Gasteiger partial charge in [0.15, 0.2) is 0 Å². The van der Waals surface area contributed by atoms with Gasteiger partial charge in [-0.1, -0.05) is 17.7 Å². The van der Waals surface area contributed by atoms with Crippen molar-refractivity contribution in [3.8, 4) is 11.5 Å². The first-order chi connectivity index (χ1) is 13.6. The van der Waals surface area contributed by atoms with Crippen molar-refractivity contribution in [3.05, 3.63) is 40.8 Å². The van der Waals surface area contributed by atoms with Gasteiger partial charge in [0.2, 0.25) is 11.8 Å². The number of halogens is 1. The average Bonchev–Trinajstić information content (AvgIpc) is 3.07. The zero-order chi connectivity index (χ0) is 21.2. The van der Waals surface area contributed by atoms with E-state index in [4.69, 9.17) is 25.9 Å². The Kier molecular flexibility index (Phi) is 7.75. The van der Waals surface area contributed by atoms with Gasteiger partial charge in [0, 0.05) is 23.7 Å². The smallest absolute Gasteiger partial charge is 1.00 e. The molecule has 30 heavy (non-hydrogen) atoms. The van der Waals surface area contributed by atoms with Gasteiger partial charge in [-0.15, -0.1) is 10.2 Å². The number of amides is 1. The number of rotatable bonds is 4. The number of carboxylic acids is 1. The molecule has 1 aromatic heterocycles. The molecule has 0 unspecified atom stereocenters. The minimum Gasteiger partial charge on any atom is -1.00 e. The quantitative estimate of drug-likeness (QED) is 0.730. The van der Waals surface area contributed by atoms with E-state index >= 15 is 0 Å². The van der Waals surface area contributed by atoms with Crippen LogP contribution in [0.2, 0.25) is 5.02 Å². The second kappa shape index (κ2) is 9.69. The fourth-order valence-corrected chi connectivity index (χ4v) is 3.13. The molecule has 1 amide bonds. The summed E-state index contributed by atoms with van der Waals surface area (Å²) in [7, 11) is 0. The molecule has 3 rings (SSSR count). The Morgan fingerprint density at radius 3 is 2.57 bits per heavy atom. The Balaban J connectivity index is 0.00000240. The van der Waals surface area contributed by atoms with Crippen molar-refractivity contribution in [2.75, 3.05) is 13.1 Å². The summed E-state index contributed by atoms with van der Waals surface area (Å²) in [6.45, 7) is 6.48. The minimum atomic E-state index is -1.05. The number of carbonyl (C=O) groups is 2. The molecule has 0 fully saturated rings. The molecular weight excluding hydrogens is 405 g/mol. The van der Waals surface area contributed by atoms with Crippen LogP contribution in [0, 0.1) is 0 Å². The van der Waals surface area contributed by atoms with Crippen molar-refractivity contribution < 1.29 is 44.1 Å². The van der Waals surface area contributed by atoms with Crippen molar-refractivity contribution in [1.82, 2.24) is 15.1 Å². The van der Waals surface area contributed by atoms with E-state index in [1.165, 1.54) is 0 Å². The maximum Gasteiger partial charge on any atom is 1.00 e. The maximum atomic E-state index is 12.2. The van der Waals surface area contributed by atoms with Crippen LogP contribution < -0.4 is 18.9 Å². The minimum absolute atomic E-state index is 0. The summed E-state index contributed by atoms with van der Waals surface area (Å²) in [5.74, 6) is -0.815. The van der Waals surface area contributed by atoms with E-state index < -0.39 is 11.6 Å². The predicted molar refractivity (Wildman–Crippen MR) is 108 cm³/mol. The normalized spacial score (nSPS) is 14.0. The molecule has 0 atom stereocenters. The largest absolute Gasteiger partial charge is 1.00 e. The van der Waals surface area contributed by atoms with Gasteiger partial charge >= 0.3 is 30.9 Å². The SMILES string of the molecule is CC(C)(C)OC(=O)N1CC=C(c2cc(Cl)cc(-c3nnc(CC(=O)O)o3)c2)CC1.[H-].[Li+]. The van der Waals surface area contributed by atoms with Crippen molar-refractivity contribution in [2.45, 2.75) is 39.2 Å². The number of nitrogens with zero attached hydrogens (tertiary/aromatic N) is 3. The number of ether oxygens (including phenoxy) is 1. The van der Waals surface area contributed by atoms with Crippen LogP contribution in [0.1, 0.15) is 40.1 Å². The molecule has 8 nitrogen and oxygen atoms in total. The molecule has 10 heteroatoms. The van der Waals surface area contributed by atoms with Crippen LogP contribution in [0.4, 0.5) is 4.79 Å². The van der Waals surface area contributed by atoms with Crippen LogP contribution in [0.5, 0.6) is 0 Å². The summed E-state index contributed by atoms with van der Waals surface area (Å²) in [6, 6.07) is 5.37. The molecule has 0 spiro atoms. The fraction of sp³-hybridized carbons (Fsp3) is 0.400. The Morgan fingerprint density at radius 1 is 1.27 bits per heavy atom. The molecule has 0 radical (unpaired) electrons. The summed E-state index contributed by atoms with van der Waals surface area (Å²) in [6.07, 6.45) is 1.93. The Hall–Kier alpha value is -2.27. The van der Waals surface area contributed by atoms with Gasteiger partial charge < -0.3 is 20.6 Å². The molecule has 0 bridgehead atoms. The molecule has 0 aliphatic carbocycles. The average molecular weight is 428 g/mol. The molecule has 1 aliphatic rings. The number of aliphatic carboxylic acids is 1. The number of aromatic nitrogens is 2. The predicted octanol–water partition coefficient (Wildman–Crippen LogP) is 1.16. The van der Waals surface area contributed by atoms with Crippen LogP contribution in [0.15, 0.2) is 28.7 Å². The summed E-state index contributed by atoms with van der Waals surface area (Å²) in [4.78, 5) is 24.6. The maximum absolute atomic E-state index is 12.2. The van der Waals surface area contributed by atoms with Crippen molar-refractivity contribution in [3.63, 3.8) is 0 Å². The number of carbonyl (C=O) groups excluding carboxylic acids is 1. The number of hydrogen-bond donors (Lipinski definition) is 1. The summed E-state index contributed by atoms with van der Waals surface area (Å²) < 4.78 is 10.8. The van der Waals surface area contributed by atoms with E-state index in [0.717, 1.165) is 11.1 Å². The van der Waals surface area contributed by atoms with Crippen molar-refractivity contribution in [2.24, 2.45) is 0 Å². The topological polar surface area (TPSA) is 106 Å². The Morgan fingerprint density at radius 2 is 1.97 bits per heavy atom. The molecule has 1 aromatic carbocycles. The molecule has 156 valence electrons. The van der Waals surface area contributed by atoms with E-state index in [1.807, 2.05) is 39.0 Å². The monoisotopic (exact) mass is 427 g/mol. The third-order valence-electron chi connectivity index (χ3n) is 4.15. The van der Waals surface area contributed by atoms with E-state index in [2.05, 4.69) is 10.2 Å². The zero-order valence-electron chi connectivity index (χ0n) is 18.4. The van der Waals surface area contributed by atoms with Gasteiger partial charge in [-0.05, 0) is 56.5 Å². The molecule has 0 saturated heterocycles. The molecule has 0 saturated carbocycles. The number of benzene rings is 1. The Bertz CT molecular complexity index is 974. The molecule has 1 aliphatic heterocycles. The summed E-state index contributed by atoms with van der Waals surface area (Å²) in [5, 5.41) is 17.0. The van der Waals surface area contributed by atoms with Crippen LogP contribution in [-0.2, 0) is 16.0 Å². The van der Waals surface area contributed by atoms with E-state index in [-0.39, 0.29) is 44.6 Å².